The summed E-state index contributed by atoms with van der Waals surface area (Å²) in [6, 6.07) is 5.84. The summed E-state index contributed by atoms with van der Waals surface area (Å²) in [6.07, 6.45) is 3.47. The minimum atomic E-state index is -3.67. The number of anilines is 1. The van der Waals surface area contributed by atoms with Crippen LogP contribution in [0.4, 0.5) is 5.69 Å². The summed E-state index contributed by atoms with van der Waals surface area (Å²) in [5.74, 6) is 0.498. The Bertz CT molecular complexity index is 860. The third kappa shape index (κ3) is 3.58. The number of carbonyl (C=O) groups is 1. The fourth-order valence-electron chi connectivity index (χ4n) is 2.94. The Kier molecular flexibility index (Phi) is 4.89. The van der Waals surface area contributed by atoms with Crippen LogP contribution in [0.3, 0.4) is 0 Å². The molecular formula is C16H21N5O3S. The summed E-state index contributed by atoms with van der Waals surface area (Å²) >= 11 is 0. The van der Waals surface area contributed by atoms with Crippen LogP contribution in [0, 0.1) is 0 Å². The molecule has 8 nitrogen and oxygen atoms in total. The molecular weight excluding hydrogens is 342 g/mol. The van der Waals surface area contributed by atoms with Gasteiger partial charge in [-0.05, 0) is 24.3 Å². The fourth-order valence-corrected chi connectivity index (χ4v) is 4.53. The van der Waals surface area contributed by atoms with Gasteiger partial charge >= 0.3 is 0 Å². The molecule has 3 rings (SSSR count). The predicted octanol–water partition coefficient (Wildman–Crippen LogP) is 0.714. The van der Waals surface area contributed by atoms with Crippen LogP contribution >= 0.6 is 0 Å². The van der Waals surface area contributed by atoms with Crippen LogP contribution in [0.5, 0.6) is 0 Å². The van der Waals surface area contributed by atoms with Gasteiger partial charge in [-0.3, -0.25) is 4.79 Å². The van der Waals surface area contributed by atoms with E-state index in [4.69, 9.17) is 0 Å². The Morgan fingerprint density at radius 3 is 2.64 bits per heavy atom. The monoisotopic (exact) mass is 363 g/mol. The molecule has 0 spiro atoms. The highest BCUT2D eigenvalue weighted by atomic mass is 32.2. The molecule has 1 aliphatic heterocycles. The number of aryl methyl sites for hydroxylation is 1. The van der Waals surface area contributed by atoms with Crippen molar-refractivity contribution in [2.75, 3.05) is 25.0 Å². The Hall–Kier alpha value is -2.23. The van der Waals surface area contributed by atoms with Crippen LogP contribution in [-0.2, 0) is 21.9 Å². The van der Waals surface area contributed by atoms with E-state index in [1.807, 2.05) is 11.6 Å². The number of nitrogens with zero attached hydrogens (tertiary/aromatic N) is 3. The van der Waals surface area contributed by atoms with E-state index in [0.29, 0.717) is 31.1 Å². The first kappa shape index (κ1) is 17.6. The van der Waals surface area contributed by atoms with Crippen molar-refractivity contribution < 1.29 is 13.2 Å². The first-order chi connectivity index (χ1) is 11.9. The fraction of sp³-hybridized carbons (Fsp3) is 0.375. The van der Waals surface area contributed by atoms with Crippen LogP contribution in [0.2, 0.25) is 0 Å². The number of amides is 1. The third-order valence-electron chi connectivity index (χ3n) is 4.13. The number of imidazole rings is 1. The Morgan fingerprint density at radius 2 is 2.04 bits per heavy atom. The predicted molar refractivity (Wildman–Crippen MR) is 93.5 cm³/mol. The van der Waals surface area contributed by atoms with Gasteiger partial charge in [-0.1, -0.05) is 0 Å². The topological polar surface area (TPSA) is 96.3 Å². The van der Waals surface area contributed by atoms with Gasteiger partial charge < -0.3 is 15.2 Å². The number of carbonyl (C=O) groups excluding carboxylic acids is 1. The van der Waals surface area contributed by atoms with Gasteiger partial charge in [0.05, 0.1) is 10.9 Å². The summed E-state index contributed by atoms with van der Waals surface area (Å²) in [6.45, 7) is 2.87. The highest BCUT2D eigenvalue weighted by molar-refractivity contribution is 7.89. The lowest BCUT2D eigenvalue weighted by atomic mass is 10.2. The molecule has 0 radical (unpaired) electrons. The van der Waals surface area contributed by atoms with Gasteiger partial charge in [-0.2, -0.15) is 4.31 Å². The average molecular weight is 363 g/mol. The molecule has 1 aromatic carbocycles. The minimum Gasteiger partial charge on any atom is -0.337 e. The van der Waals surface area contributed by atoms with E-state index in [1.165, 1.54) is 23.4 Å². The lowest BCUT2D eigenvalue weighted by molar-refractivity contribution is -0.114. The van der Waals surface area contributed by atoms with Gasteiger partial charge in [0, 0.05) is 51.7 Å². The number of nitrogens with one attached hydrogen (secondary N) is 2. The zero-order chi connectivity index (χ0) is 18.0. The first-order valence-corrected chi connectivity index (χ1v) is 9.41. The van der Waals surface area contributed by atoms with Crippen molar-refractivity contribution in [3.05, 3.63) is 42.5 Å². The van der Waals surface area contributed by atoms with Gasteiger partial charge in [0.15, 0.2) is 0 Å². The Labute approximate surface area is 146 Å². The maximum Gasteiger partial charge on any atom is 0.243 e. The van der Waals surface area contributed by atoms with E-state index < -0.39 is 10.0 Å². The van der Waals surface area contributed by atoms with Crippen LogP contribution in [-0.4, -0.2) is 47.8 Å². The highest BCUT2D eigenvalue weighted by Gasteiger charge is 2.36. The molecule has 2 aromatic rings. The normalized spacial score (nSPS) is 18.9. The standard InChI is InChI=1S/C16H21N5O3S/c1-12(22)19-13-3-5-14(6-4-13)25(23,24)21-10-7-17-11-15(21)16-18-8-9-20(16)2/h3-6,8-9,15,17H,7,10-11H2,1-2H3,(H,19,22). The third-order valence-corrected chi connectivity index (χ3v) is 6.05. The van der Waals surface area contributed by atoms with Gasteiger partial charge in [0.25, 0.3) is 0 Å². The smallest absolute Gasteiger partial charge is 0.243 e. The second-order valence-electron chi connectivity index (χ2n) is 5.94. The van der Waals surface area contributed by atoms with E-state index in [1.54, 1.807) is 24.5 Å². The molecule has 9 heteroatoms. The van der Waals surface area contributed by atoms with Crippen molar-refractivity contribution in [3.63, 3.8) is 0 Å². The largest absolute Gasteiger partial charge is 0.337 e. The van der Waals surface area contributed by atoms with Crippen molar-refractivity contribution in [1.82, 2.24) is 19.2 Å². The van der Waals surface area contributed by atoms with E-state index in [9.17, 15) is 13.2 Å². The van der Waals surface area contributed by atoms with Crippen LogP contribution in [0.1, 0.15) is 18.8 Å². The lowest BCUT2D eigenvalue weighted by Crippen LogP contribution is -2.49. The summed E-state index contributed by atoms with van der Waals surface area (Å²) in [5.41, 5.74) is 0.562. The quantitative estimate of drug-likeness (QED) is 0.834. The van der Waals surface area contributed by atoms with Crippen molar-refractivity contribution >= 4 is 21.6 Å². The zero-order valence-electron chi connectivity index (χ0n) is 14.1. The van der Waals surface area contributed by atoms with Crippen molar-refractivity contribution in [1.29, 1.82) is 0 Å². The maximum absolute atomic E-state index is 13.1. The molecule has 25 heavy (non-hydrogen) atoms. The molecule has 1 aromatic heterocycles. The summed E-state index contributed by atoms with van der Waals surface area (Å²) in [7, 11) is -1.82. The molecule has 1 atom stereocenters. The van der Waals surface area contributed by atoms with E-state index in [-0.39, 0.29) is 16.8 Å². The van der Waals surface area contributed by atoms with E-state index >= 15 is 0 Å². The summed E-state index contributed by atoms with van der Waals surface area (Å²) in [5, 5.41) is 5.86. The zero-order valence-corrected chi connectivity index (χ0v) is 15.0. The van der Waals surface area contributed by atoms with Crippen LogP contribution in [0.25, 0.3) is 0 Å². The summed E-state index contributed by atoms with van der Waals surface area (Å²) in [4.78, 5) is 15.6. The number of rotatable bonds is 4. The molecule has 1 fully saturated rings. The van der Waals surface area contributed by atoms with Crippen LogP contribution < -0.4 is 10.6 Å². The van der Waals surface area contributed by atoms with Crippen molar-refractivity contribution in [2.45, 2.75) is 17.9 Å². The minimum absolute atomic E-state index is 0.197. The molecule has 0 saturated carbocycles. The number of benzene rings is 1. The highest BCUT2D eigenvalue weighted by Crippen LogP contribution is 2.28. The molecule has 1 aliphatic rings. The molecule has 2 heterocycles. The van der Waals surface area contributed by atoms with E-state index in [0.717, 1.165) is 0 Å². The molecule has 2 N–H and O–H groups in total. The number of piperazine rings is 1. The van der Waals surface area contributed by atoms with Gasteiger partial charge in [0.2, 0.25) is 15.9 Å². The van der Waals surface area contributed by atoms with Crippen LogP contribution in [0.15, 0.2) is 41.6 Å². The second-order valence-corrected chi connectivity index (χ2v) is 7.83. The second kappa shape index (κ2) is 6.95. The number of hydrogen-bond acceptors (Lipinski definition) is 5. The van der Waals surface area contributed by atoms with Gasteiger partial charge in [-0.25, -0.2) is 13.4 Å². The molecule has 1 amide bonds. The number of aromatic nitrogens is 2. The Morgan fingerprint density at radius 1 is 1.32 bits per heavy atom. The first-order valence-electron chi connectivity index (χ1n) is 7.97. The van der Waals surface area contributed by atoms with E-state index in [2.05, 4.69) is 15.6 Å². The van der Waals surface area contributed by atoms with Crippen molar-refractivity contribution in [2.24, 2.45) is 7.05 Å². The van der Waals surface area contributed by atoms with Crippen molar-refractivity contribution in [3.8, 4) is 0 Å². The lowest BCUT2D eigenvalue weighted by Gasteiger charge is -2.34. The SMILES string of the molecule is CC(=O)Nc1ccc(S(=O)(=O)N2CCNCC2c2nccn2C)cc1. The average Bonchev–Trinajstić information content (AvgIpc) is 3.01. The van der Waals surface area contributed by atoms with Gasteiger partial charge in [0.1, 0.15) is 5.82 Å². The Balaban J connectivity index is 1.91. The molecule has 0 bridgehead atoms. The molecule has 1 unspecified atom stereocenters. The number of sulfonamides is 1. The summed E-state index contributed by atoms with van der Waals surface area (Å²) < 4.78 is 29.5. The molecule has 0 aliphatic carbocycles. The molecule has 134 valence electrons. The number of hydrogen-bond donors (Lipinski definition) is 2. The molecule has 1 saturated heterocycles. The van der Waals surface area contributed by atoms with Gasteiger partial charge in [-0.15, -0.1) is 0 Å². The maximum atomic E-state index is 13.1.